The van der Waals surface area contributed by atoms with Gasteiger partial charge in [-0.05, 0) is 31.5 Å². The molecule has 0 amide bonds. The van der Waals surface area contributed by atoms with Gasteiger partial charge in [0, 0.05) is 36.8 Å². The number of pyridine rings is 1. The normalized spacial score (nSPS) is 10.7. The lowest BCUT2D eigenvalue weighted by Crippen LogP contribution is -2.16. The summed E-state index contributed by atoms with van der Waals surface area (Å²) >= 11 is 1.80. The van der Waals surface area contributed by atoms with Gasteiger partial charge in [0.25, 0.3) is 0 Å². The number of rotatable bonds is 5. The van der Waals surface area contributed by atoms with Crippen LogP contribution < -0.4 is 5.32 Å². The summed E-state index contributed by atoms with van der Waals surface area (Å²) in [6.45, 7) is 6.06. The molecule has 3 nitrogen and oxygen atoms in total. The third-order valence-electron chi connectivity index (χ3n) is 2.67. The first-order valence-corrected chi connectivity index (χ1v) is 6.60. The Morgan fingerprint density at radius 1 is 1.24 bits per heavy atom. The third kappa shape index (κ3) is 3.61. The molecule has 0 unspecified atom stereocenters. The van der Waals surface area contributed by atoms with Crippen molar-refractivity contribution < 1.29 is 0 Å². The Morgan fingerprint density at radius 2 is 2.00 bits per heavy atom. The third-order valence-corrected chi connectivity index (χ3v) is 3.80. The van der Waals surface area contributed by atoms with Crippen molar-refractivity contribution in [3.05, 3.63) is 45.7 Å². The van der Waals surface area contributed by atoms with Crippen LogP contribution in [0.25, 0.3) is 0 Å². The molecule has 0 radical (unpaired) electrons. The van der Waals surface area contributed by atoms with Gasteiger partial charge < -0.3 is 5.32 Å². The number of aromatic nitrogens is 2. The van der Waals surface area contributed by atoms with Crippen LogP contribution in [0.3, 0.4) is 0 Å². The van der Waals surface area contributed by atoms with Crippen molar-refractivity contribution in [2.45, 2.75) is 26.8 Å². The SMILES string of the molecule is Cc1nc(CCNCc2ccncc2)sc1C. The Labute approximate surface area is 106 Å². The minimum Gasteiger partial charge on any atom is -0.312 e. The summed E-state index contributed by atoms with van der Waals surface area (Å²) < 4.78 is 0. The van der Waals surface area contributed by atoms with E-state index in [1.54, 1.807) is 11.3 Å². The minimum absolute atomic E-state index is 0.895. The van der Waals surface area contributed by atoms with Gasteiger partial charge in [0.15, 0.2) is 0 Å². The molecule has 17 heavy (non-hydrogen) atoms. The number of nitrogens with one attached hydrogen (secondary N) is 1. The molecule has 2 rings (SSSR count). The molecule has 0 bridgehead atoms. The highest BCUT2D eigenvalue weighted by Crippen LogP contribution is 2.16. The van der Waals surface area contributed by atoms with Crippen LogP contribution in [0.4, 0.5) is 0 Å². The van der Waals surface area contributed by atoms with Gasteiger partial charge in [0.05, 0.1) is 10.7 Å². The van der Waals surface area contributed by atoms with Crippen molar-refractivity contribution >= 4 is 11.3 Å². The summed E-state index contributed by atoms with van der Waals surface area (Å²) in [5, 5.41) is 4.64. The highest BCUT2D eigenvalue weighted by atomic mass is 32.1. The second-order valence-electron chi connectivity index (χ2n) is 4.03. The molecule has 0 fully saturated rings. The topological polar surface area (TPSA) is 37.8 Å². The predicted octanol–water partition coefficient (Wildman–Crippen LogP) is 2.49. The molecule has 0 aliphatic rings. The van der Waals surface area contributed by atoms with Gasteiger partial charge in [-0.25, -0.2) is 4.98 Å². The van der Waals surface area contributed by atoms with Crippen LogP contribution in [-0.2, 0) is 13.0 Å². The summed E-state index contributed by atoms with van der Waals surface area (Å²) in [6.07, 6.45) is 4.65. The Hall–Kier alpha value is -1.26. The fourth-order valence-corrected chi connectivity index (χ4v) is 2.51. The van der Waals surface area contributed by atoms with E-state index >= 15 is 0 Å². The molecule has 0 spiro atoms. The maximum absolute atomic E-state index is 4.52. The predicted molar refractivity (Wildman–Crippen MR) is 71.2 cm³/mol. The maximum Gasteiger partial charge on any atom is 0.0943 e. The monoisotopic (exact) mass is 247 g/mol. The van der Waals surface area contributed by atoms with E-state index in [-0.39, 0.29) is 0 Å². The maximum atomic E-state index is 4.52. The molecule has 1 N–H and O–H groups in total. The molecule has 0 aliphatic heterocycles. The lowest BCUT2D eigenvalue weighted by Gasteiger charge is -2.02. The van der Waals surface area contributed by atoms with E-state index in [4.69, 9.17) is 0 Å². The first-order valence-electron chi connectivity index (χ1n) is 5.78. The van der Waals surface area contributed by atoms with Gasteiger partial charge in [0.2, 0.25) is 0 Å². The summed E-state index contributed by atoms with van der Waals surface area (Å²) in [5.41, 5.74) is 2.44. The number of hydrogen-bond donors (Lipinski definition) is 1. The van der Waals surface area contributed by atoms with Crippen molar-refractivity contribution in [3.8, 4) is 0 Å². The van der Waals surface area contributed by atoms with Gasteiger partial charge in [0.1, 0.15) is 0 Å². The summed E-state index contributed by atoms with van der Waals surface area (Å²) in [7, 11) is 0. The van der Waals surface area contributed by atoms with E-state index in [0.717, 1.165) is 19.5 Å². The smallest absolute Gasteiger partial charge is 0.0943 e. The quantitative estimate of drug-likeness (QED) is 0.825. The zero-order valence-corrected chi connectivity index (χ0v) is 11.0. The molecule has 0 saturated carbocycles. The second kappa shape index (κ2) is 5.89. The zero-order chi connectivity index (χ0) is 12.1. The van der Waals surface area contributed by atoms with Crippen LogP contribution in [0.15, 0.2) is 24.5 Å². The molecule has 4 heteroatoms. The molecule has 0 aliphatic carbocycles. The Balaban J connectivity index is 1.73. The highest BCUT2D eigenvalue weighted by Gasteiger charge is 2.02. The number of hydrogen-bond acceptors (Lipinski definition) is 4. The summed E-state index contributed by atoms with van der Waals surface area (Å²) in [4.78, 5) is 9.85. The molecule has 0 saturated heterocycles. The molecule has 90 valence electrons. The minimum atomic E-state index is 0.895. The van der Waals surface area contributed by atoms with Crippen LogP contribution in [0.2, 0.25) is 0 Å². The number of aryl methyl sites for hydroxylation is 2. The van der Waals surface area contributed by atoms with Crippen LogP contribution >= 0.6 is 11.3 Å². The largest absolute Gasteiger partial charge is 0.312 e. The molecule has 2 aromatic rings. The summed E-state index contributed by atoms with van der Waals surface area (Å²) in [6, 6.07) is 4.06. The highest BCUT2D eigenvalue weighted by molar-refractivity contribution is 7.11. The summed E-state index contributed by atoms with van der Waals surface area (Å²) in [5.74, 6) is 0. The Morgan fingerprint density at radius 3 is 2.65 bits per heavy atom. The van der Waals surface area contributed by atoms with E-state index in [0.29, 0.717) is 0 Å². The average molecular weight is 247 g/mol. The number of nitrogens with zero attached hydrogens (tertiary/aromatic N) is 2. The Kier molecular flexibility index (Phi) is 4.23. The van der Waals surface area contributed by atoms with Crippen LogP contribution in [0, 0.1) is 13.8 Å². The van der Waals surface area contributed by atoms with E-state index in [9.17, 15) is 0 Å². The lowest BCUT2D eigenvalue weighted by molar-refractivity contribution is 0.684. The lowest BCUT2D eigenvalue weighted by atomic mass is 10.2. The van der Waals surface area contributed by atoms with Crippen molar-refractivity contribution in [2.75, 3.05) is 6.54 Å². The van der Waals surface area contributed by atoms with Crippen molar-refractivity contribution in [1.82, 2.24) is 15.3 Å². The van der Waals surface area contributed by atoms with Crippen molar-refractivity contribution in [1.29, 1.82) is 0 Å². The molecular formula is C13H17N3S. The van der Waals surface area contributed by atoms with Gasteiger partial charge in [-0.1, -0.05) is 0 Å². The van der Waals surface area contributed by atoms with E-state index in [1.165, 1.54) is 21.1 Å². The first-order chi connectivity index (χ1) is 8.25. The van der Waals surface area contributed by atoms with Gasteiger partial charge >= 0.3 is 0 Å². The van der Waals surface area contributed by atoms with Gasteiger partial charge in [-0.15, -0.1) is 11.3 Å². The van der Waals surface area contributed by atoms with Crippen LogP contribution in [0.5, 0.6) is 0 Å². The molecule has 2 aromatic heterocycles. The standard InChI is InChI=1S/C13H17N3S/c1-10-11(2)17-13(16-10)5-8-15-9-12-3-6-14-7-4-12/h3-4,6-7,15H,5,8-9H2,1-2H3. The van der Waals surface area contributed by atoms with Crippen LogP contribution in [-0.4, -0.2) is 16.5 Å². The van der Waals surface area contributed by atoms with Gasteiger partial charge in [-0.2, -0.15) is 0 Å². The second-order valence-corrected chi connectivity index (χ2v) is 5.32. The van der Waals surface area contributed by atoms with Crippen LogP contribution in [0.1, 0.15) is 21.1 Å². The van der Waals surface area contributed by atoms with E-state index in [2.05, 4.69) is 29.1 Å². The van der Waals surface area contributed by atoms with Gasteiger partial charge in [-0.3, -0.25) is 4.98 Å². The molecule has 0 aromatic carbocycles. The molecular weight excluding hydrogens is 230 g/mol. The first kappa shape index (κ1) is 12.2. The fourth-order valence-electron chi connectivity index (χ4n) is 1.57. The molecule has 0 atom stereocenters. The molecule has 2 heterocycles. The zero-order valence-electron chi connectivity index (χ0n) is 10.2. The van der Waals surface area contributed by atoms with Crippen molar-refractivity contribution in [2.24, 2.45) is 0 Å². The van der Waals surface area contributed by atoms with E-state index < -0.39 is 0 Å². The fraction of sp³-hybridized carbons (Fsp3) is 0.385. The average Bonchev–Trinajstić information content (AvgIpc) is 2.66. The number of thiazole rings is 1. The van der Waals surface area contributed by atoms with E-state index in [1.807, 2.05) is 24.5 Å². The van der Waals surface area contributed by atoms with Crippen molar-refractivity contribution in [3.63, 3.8) is 0 Å². The Bertz CT molecular complexity index is 445.